The molecular formula is C103H76F6N14O10S4. The molecule has 137 heavy (non-hydrogen) atoms. The number of tetrazole rings is 3. The first kappa shape index (κ1) is 92.2. The number of alkyl halides is 3. The molecule has 0 unspecified atom stereocenters. The highest BCUT2D eigenvalue weighted by Crippen LogP contribution is 2.53. The van der Waals surface area contributed by atoms with Crippen molar-refractivity contribution < 1.29 is 70.8 Å². The van der Waals surface area contributed by atoms with E-state index in [0.29, 0.717) is 69.0 Å². The number of rotatable bonds is 22. The van der Waals surface area contributed by atoms with Crippen LogP contribution < -0.4 is 24.6 Å². The number of hydrogen-bond acceptors (Lipinski definition) is 24. The predicted octanol–water partition coefficient (Wildman–Crippen LogP) is 26.2. The van der Waals surface area contributed by atoms with Gasteiger partial charge >= 0.3 is 11.9 Å². The summed E-state index contributed by atoms with van der Waals surface area (Å²) in [7, 11) is 3.56. The number of benzene rings is 12. The molecule has 8 heterocycles. The van der Waals surface area contributed by atoms with Crippen molar-refractivity contribution >= 4 is 134 Å². The Morgan fingerprint density at radius 3 is 1.06 bits per heavy atom. The molecule has 0 aliphatic rings. The van der Waals surface area contributed by atoms with Gasteiger partial charge in [0.25, 0.3) is 0 Å². The van der Waals surface area contributed by atoms with Gasteiger partial charge in [-0.25, -0.2) is 32.0 Å². The van der Waals surface area contributed by atoms with Crippen LogP contribution in [-0.4, -0.2) is 96.1 Å². The molecular weight excluding hydrogens is 1840 g/mol. The summed E-state index contributed by atoms with van der Waals surface area (Å²) in [5, 5.41) is 87.3. The molecule has 0 saturated heterocycles. The summed E-state index contributed by atoms with van der Waals surface area (Å²) >= 11 is 5.93. The molecule has 0 fully saturated rings. The number of H-pyrrole nitrogens is 1. The monoisotopic (exact) mass is 1910 g/mol. The fraction of sp³-hybridized carbons (Fsp3) is 0.0777. The van der Waals surface area contributed by atoms with Gasteiger partial charge in [-0.1, -0.05) is 104 Å². The summed E-state index contributed by atoms with van der Waals surface area (Å²) in [6.45, 7) is 6.59. The van der Waals surface area contributed by atoms with E-state index in [0.717, 1.165) is 129 Å². The van der Waals surface area contributed by atoms with Crippen LogP contribution in [-0.2, 0) is 26.8 Å². The molecule has 684 valence electrons. The molecule has 0 radical (unpaired) electrons. The lowest BCUT2D eigenvalue weighted by molar-refractivity contribution is -0.141. The molecule has 0 bridgehead atoms. The van der Waals surface area contributed by atoms with E-state index in [9.17, 15) is 56.7 Å². The SMILES string of the molecule is CCCn1nnnc1/C=C/c1ccc(Oc2c(-c3ccc(F)cc3C)sc3cc(O)ccc23)cc1.Cc1cc(F)ccc1-c1sc2cc(O)ccc2c1Oc1ccc(/C=C/c2nnnn2C)cc1.Cn1nnnc1/C=C/c1ccc(Oc2c(-c3ccc(F)cc3)sc3cc(O)ccc23)cc1.O=c1nc(/C=C/c2ccc(Oc3c(-c4ccc(O)cc4)sc4cc(O)ccc34)cc2)cc(C(F)(F)F)[nH]1. The topological polar surface area (TPSA) is 315 Å². The van der Waals surface area contributed by atoms with Crippen LogP contribution in [0.3, 0.4) is 0 Å². The first-order valence-corrected chi connectivity index (χ1v) is 45.3. The third-order valence-electron chi connectivity index (χ3n) is 21.1. The van der Waals surface area contributed by atoms with Crippen molar-refractivity contribution in [2.45, 2.75) is 39.9 Å². The Kier molecular flexibility index (Phi) is 27.5. The van der Waals surface area contributed by atoms with Gasteiger partial charge in [0.2, 0.25) is 0 Å². The summed E-state index contributed by atoms with van der Waals surface area (Å²) in [6, 6.07) is 73.6. The second-order valence-electron chi connectivity index (χ2n) is 30.9. The van der Waals surface area contributed by atoms with E-state index in [-0.39, 0.29) is 51.9 Å². The molecule has 0 spiro atoms. The maximum Gasteiger partial charge on any atom is 0.431 e. The molecule has 20 aromatic rings. The van der Waals surface area contributed by atoms with Gasteiger partial charge in [-0.2, -0.15) is 18.2 Å². The maximum atomic E-state index is 13.7. The van der Waals surface area contributed by atoms with E-state index < -0.39 is 17.6 Å². The van der Waals surface area contributed by atoms with E-state index in [1.807, 2.05) is 141 Å². The fourth-order valence-corrected chi connectivity index (χ4v) is 19.1. The van der Waals surface area contributed by atoms with Crippen molar-refractivity contribution in [2.24, 2.45) is 14.1 Å². The average Bonchev–Trinajstić information content (AvgIpc) is 1.64. The number of aromatic amines is 1. The fourth-order valence-electron chi connectivity index (χ4n) is 14.3. The van der Waals surface area contributed by atoms with Crippen LogP contribution in [0.1, 0.15) is 75.6 Å². The Morgan fingerprint density at radius 1 is 0.372 bits per heavy atom. The zero-order chi connectivity index (χ0) is 95.5. The number of nitrogens with one attached hydrogen (secondary N) is 1. The molecule has 6 N–H and O–H groups in total. The minimum atomic E-state index is -4.69. The first-order valence-electron chi connectivity index (χ1n) is 42.1. The summed E-state index contributed by atoms with van der Waals surface area (Å²) < 4.78 is 113. The quantitative estimate of drug-likeness (QED) is 0.0343. The molecule has 12 aromatic carbocycles. The molecule has 34 heteroatoms. The van der Waals surface area contributed by atoms with Gasteiger partial charge in [-0.05, 0) is 320 Å². The van der Waals surface area contributed by atoms with Gasteiger partial charge in [0, 0.05) is 61.0 Å². The highest BCUT2D eigenvalue weighted by molar-refractivity contribution is 7.24. The van der Waals surface area contributed by atoms with Gasteiger partial charge in [-0.15, -0.1) is 60.6 Å². The average molecular weight is 1910 g/mol. The number of hydrogen-bond donors (Lipinski definition) is 6. The summed E-state index contributed by atoms with van der Waals surface area (Å²) in [5.74, 6) is 7.13. The Balaban J connectivity index is 0.000000127. The van der Waals surface area contributed by atoms with E-state index in [2.05, 4.69) is 58.5 Å². The number of aromatic nitrogens is 14. The van der Waals surface area contributed by atoms with Crippen LogP contribution in [0.15, 0.2) is 266 Å². The summed E-state index contributed by atoms with van der Waals surface area (Å²) in [4.78, 5) is 20.2. The zero-order valence-electron chi connectivity index (χ0n) is 72.9. The second-order valence-corrected chi connectivity index (χ2v) is 35.1. The number of thiophene rings is 4. The van der Waals surface area contributed by atoms with E-state index in [1.165, 1.54) is 93.9 Å². The van der Waals surface area contributed by atoms with Crippen molar-refractivity contribution in [2.75, 3.05) is 0 Å². The highest BCUT2D eigenvalue weighted by atomic mass is 32.1. The molecule has 20 rings (SSSR count). The Morgan fingerprint density at radius 2 is 0.701 bits per heavy atom. The van der Waals surface area contributed by atoms with Gasteiger partial charge in [0.05, 0.1) is 25.2 Å². The van der Waals surface area contributed by atoms with Crippen LogP contribution in [0.4, 0.5) is 26.3 Å². The van der Waals surface area contributed by atoms with Crippen molar-refractivity contribution in [3.05, 3.63) is 351 Å². The summed E-state index contributed by atoms with van der Waals surface area (Å²) in [5.41, 5.74) is 6.30. The Hall–Kier alpha value is -16.7. The van der Waals surface area contributed by atoms with E-state index >= 15 is 0 Å². The predicted molar refractivity (Wildman–Crippen MR) is 524 cm³/mol. The number of phenols is 5. The third kappa shape index (κ3) is 22.1. The van der Waals surface area contributed by atoms with Crippen molar-refractivity contribution in [3.63, 3.8) is 0 Å². The first-order chi connectivity index (χ1) is 66.2. The smallest absolute Gasteiger partial charge is 0.431 e. The number of aromatic hydroxyl groups is 5. The molecule has 24 nitrogen and oxygen atoms in total. The largest absolute Gasteiger partial charge is 0.508 e. The van der Waals surface area contributed by atoms with Crippen LogP contribution in [0.25, 0.3) is 131 Å². The van der Waals surface area contributed by atoms with Crippen LogP contribution in [0.5, 0.6) is 74.7 Å². The third-order valence-corrected chi connectivity index (χ3v) is 25.8. The molecule has 0 amide bonds. The lowest BCUT2D eigenvalue weighted by Gasteiger charge is -2.10. The Bertz CT molecular complexity index is 7970. The van der Waals surface area contributed by atoms with Gasteiger partial charge in [0.1, 0.15) is 74.9 Å². The lowest BCUT2D eigenvalue weighted by Crippen LogP contribution is -2.19. The standard InChI is InChI=1S/C27H17F3N2O4S.C27H23FN4O2S.C25H19FN4O2S.C24H17FN4O2S/c28-27(29,30)23-13-17(31-26(35)32-23)6-1-15-2-10-20(11-3-15)36-24-21-12-9-19(34)14-22(21)37-25(24)16-4-7-18(33)8-5-16;1-3-14-32-25(29-30-31-32)13-6-18-4-9-21(10-5-18)34-26-23-12-8-20(33)16-24(23)35-27(26)22-11-7-19(28)15-17(22)2;1-15-13-17(26)6-10-20(15)25-24(21-11-7-18(31)14-22(21)33-25)32-19-8-3-16(4-9-19)5-12-23-27-28-29-30(23)2;1-29-22(26-27-28-29)13-4-15-2-10-19(11-3-15)31-23-20-12-9-18(30)14-21(20)32-24(23)16-5-7-17(25)8-6-16/h1-14,33-34H,(H,31,32,35);4-13,15-16,33H,3,14H2,1-2H3;3-14,31H,1-2H3;2-14,30H,1H3/b6-1+;13-6+;12-5+;13-4+. The second kappa shape index (κ2) is 40.8. The minimum absolute atomic E-state index is 0.122. The van der Waals surface area contributed by atoms with E-state index in [1.54, 1.807) is 161 Å². The van der Waals surface area contributed by atoms with Gasteiger partial charge in [0.15, 0.2) is 40.5 Å². The van der Waals surface area contributed by atoms with Crippen LogP contribution in [0.2, 0.25) is 0 Å². The molecule has 0 aliphatic heterocycles. The number of phenolic OH excluding ortho intramolecular Hbond substituents is 5. The number of ether oxygens (including phenoxy) is 4. The highest BCUT2D eigenvalue weighted by Gasteiger charge is 2.33. The number of halogens is 6. The molecule has 0 aliphatic carbocycles. The minimum Gasteiger partial charge on any atom is -0.508 e. The van der Waals surface area contributed by atoms with Crippen molar-refractivity contribution in [1.29, 1.82) is 0 Å². The van der Waals surface area contributed by atoms with Gasteiger partial charge < -0.3 is 49.5 Å². The molecule has 8 aromatic heterocycles. The van der Waals surface area contributed by atoms with E-state index in [4.69, 9.17) is 18.9 Å². The van der Waals surface area contributed by atoms with Crippen LogP contribution >= 0.6 is 45.3 Å². The number of fused-ring (bicyclic) bond motifs is 4. The zero-order valence-corrected chi connectivity index (χ0v) is 76.1. The lowest BCUT2D eigenvalue weighted by atomic mass is 10.1. The van der Waals surface area contributed by atoms with Crippen molar-refractivity contribution in [3.8, 4) is 117 Å². The molecule has 0 saturated carbocycles. The summed E-state index contributed by atoms with van der Waals surface area (Å²) in [6.07, 6.45) is 10.5. The van der Waals surface area contributed by atoms with Gasteiger partial charge in [-0.3, -0.25) is 0 Å². The van der Waals surface area contributed by atoms with Crippen LogP contribution in [0, 0.1) is 31.3 Å². The van der Waals surface area contributed by atoms with Crippen molar-refractivity contribution in [1.82, 2.24) is 70.6 Å². The maximum absolute atomic E-state index is 13.7. The molecule has 0 atom stereocenters. The Labute approximate surface area is 792 Å². The number of aryl methyl sites for hydroxylation is 5. The number of nitrogens with zero attached hydrogens (tertiary/aromatic N) is 13. The normalized spacial score (nSPS) is 11.6.